The number of hydrogen-bond donors (Lipinski definition) is 0. The highest BCUT2D eigenvalue weighted by molar-refractivity contribution is 5.80. The lowest BCUT2D eigenvalue weighted by Gasteiger charge is -2.42. The summed E-state index contributed by atoms with van der Waals surface area (Å²) in [5.74, 6) is 0.761. The van der Waals surface area contributed by atoms with Crippen molar-refractivity contribution in [3.63, 3.8) is 0 Å². The monoisotopic (exact) mass is 251 g/mol. The van der Waals surface area contributed by atoms with Crippen molar-refractivity contribution in [2.75, 3.05) is 40.3 Å². The van der Waals surface area contributed by atoms with Gasteiger partial charge in [-0.15, -0.1) is 0 Å². The summed E-state index contributed by atoms with van der Waals surface area (Å²) < 4.78 is 0. The van der Waals surface area contributed by atoms with Crippen molar-refractivity contribution in [3.8, 4) is 0 Å². The first-order valence-electron chi connectivity index (χ1n) is 7.34. The van der Waals surface area contributed by atoms with E-state index in [2.05, 4.69) is 28.8 Å². The average Bonchev–Trinajstić information content (AvgIpc) is 2.62. The molecule has 2 bridgehead atoms. The molecule has 102 valence electrons. The first-order valence-corrected chi connectivity index (χ1v) is 7.34. The Morgan fingerprint density at radius 3 is 2.00 bits per heavy atom. The van der Waals surface area contributed by atoms with Crippen molar-refractivity contribution in [2.45, 2.75) is 37.8 Å². The molecule has 4 nitrogen and oxygen atoms in total. The molecule has 3 saturated heterocycles. The van der Waals surface area contributed by atoms with Crippen molar-refractivity contribution in [1.29, 1.82) is 0 Å². The maximum atomic E-state index is 12.7. The Bertz CT molecular complexity index is 311. The fraction of sp³-hybridized carbons (Fsp3) is 0.929. The summed E-state index contributed by atoms with van der Waals surface area (Å²) >= 11 is 0. The third-order valence-electron chi connectivity index (χ3n) is 4.99. The molecule has 3 fully saturated rings. The number of nitrogens with zero attached hydrogens (tertiary/aromatic N) is 3. The first kappa shape index (κ1) is 12.4. The number of likely N-dealkylation sites (N-methyl/N-ethyl adjacent to an activating group) is 1. The van der Waals surface area contributed by atoms with Gasteiger partial charge in [0.2, 0.25) is 5.91 Å². The summed E-state index contributed by atoms with van der Waals surface area (Å²) in [6.45, 7) is 4.32. The van der Waals surface area contributed by atoms with Crippen molar-refractivity contribution in [1.82, 2.24) is 14.7 Å². The predicted octanol–water partition coefficient (Wildman–Crippen LogP) is 0.633. The van der Waals surface area contributed by atoms with Crippen LogP contribution < -0.4 is 0 Å². The predicted molar refractivity (Wildman–Crippen MR) is 71.4 cm³/mol. The fourth-order valence-electron chi connectivity index (χ4n) is 3.94. The Labute approximate surface area is 110 Å². The van der Waals surface area contributed by atoms with Gasteiger partial charge < -0.3 is 14.7 Å². The van der Waals surface area contributed by atoms with Crippen LogP contribution in [0, 0.1) is 5.92 Å². The molecule has 0 aromatic rings. The molecule has 0 aromatic heterocycles. The second-order valence-corrected chi connectivity index (χ2v) is 6.43. The van der Waals surface area contributed by atoms with Crippen LogP contribution in [0.2, 0.25) is 0 Å². The zero-order valence-corrected chi connectivity index (χ0v) is 11.6. The van der Waals surface area contributed by atoms with E-state index in [1.165, 1.54) is 12.8 Å². The number of amides is 1. The van der Waals surface area contributed by atoms with Gasteiger partial charge in [-0.25, -0.2) is 0 Å². The van der Waals surface area contributed by atoms with E-state index in [0.29, 0.717) is 23.9 Å². The minimum atomic E-state index is 0.299. The molecule has 3 aliphatic rings. The van der Waals surface area contributed by atoms with Crippen LogP contribution in [0.25, 0.3) is 0 Å². The number of piperidine rings is 1. The zero-order chi connectivity index (χ0) is 12.7. The highest BCUT2D eigenvalue weighted by atomic mass is 16.2. The second-order valence-electron chi connectivity index (χ2n) is 6.43. The minimum Gasteiger partial charge on any atom is -0.334 e. The molecule has 18 heavy (non-hydrogen) atoms. The van der Waals surface area contributed by atoms with E-state index in [9.17, 15) is 4.79 Å². The molecule has 2 unspecified atom stereocenters. The van der Waals surface area contributed by atoms with Gasteiger partial charge in [0.25, 0.3) is 0 Å². The third kappa shape index (κ3) is 2.16. The molecular weight excluding hydrogens is 226 g/mol. The minimum absolute atomic E-state index is 0.299. The normalized spacial score (nSPS) is 35.1. The van der Waals surface area contributed by atoms with E-state index >= 15 is 0 Å². The molecule has 3 rings (SSSR count). The third-order valence-corrected chi connectivity index (χ3v) is 4.99. The summed E-state index contributed by atoms with van der Waals surface area (Å²) in [5.41, 5.74) is 0. The van der Waals surface area contributed by atoms with Gasteiger partial charge in [-0.05, 0) is 52.9 Å². The second kappa shape index (κ2) is 4.82. The SMILES string of the molecule is CN1CCC(C(=O)N2C3CCC2CN(C)C3)CC1. The van der Waals surface area contributed by atoms with Crippen molar-refractivity contribution < 1.29 is 4.79 Å². The van der Waals surface area contributed by atoms with Gasteiger partial charge in [0.15, 0.2) is 0 Å². The van der Waals surface area contributed by atoms with Crippen molar-refractivity contribution in [2.24, 2.45) is 5.92 Å². The molecule has 0 aliphatic carbocycles. The number of carbonyl (C=O) groups excluding carboxylic acids is 1. The van der Waals surface area contributed by atoms with Crippen molar-refractivity contribution >= 4 is 5.91 Å². The number of carbonyl (C=O) groups is 1. The van der Waals surface area contributed by atoms with Gasteiger partial charge in [0, 0.05) is 31.1 Å². The summed E-state index contributed by atoms with van der Waals surface area (Å²) in [7, 11) is 4.34. The smallest absolute Gasteiger partial charge is 0.226 e. The lowest BCUT2D eigenvalue weighted by Crippen LogP contribution is -2.56. The quantitative estimate of drug-likeness (QED) is 0.684. The Balaban J connectivity index is 1.66. The number of fused-ring (bicyclic) bond motifs is 2. The van der Waals surface area contributed by atoms with E-state index in [-0.39, 0.29) is 0 Å². The van der Waals surface area contributed by atoms with Gasteiger partial charge in [-0.2, -0.15) is 0 Å². The van der Waals surface area contributed by atoms with Crippen LogP contribution >= 0.6 is 0 Å². The number of hydrogen-bond acceptors (Lipinski definition) is 3. The average molecular weight is 251 g/mol. The van der Waals surface area contributed by atoms with Crippen LogP contribution in [-0.2, 0) is 4.79 Å². The summed E-state index contributed by atoms with van der Waals surface area (Å²) in [6.07, 6.45) is 4.54. The molecular formula is C14H25N3O. The van der Waals surface area contributed by atoms with Crippen LogP contribution in [0.4, 0.5) is 0 Å². The van der Waals surface area contributed by atoms with E-state index in [4.69, 9.17) is 0 Å². The molecule has 0 spiro atoms. The van der Waals surface area contributed by atoms with Crippen LogP contribution in [0.15, 0.2) is 0 Å². The molecule has 3 aliphatic heterocycles. The van der Waals surface area contributed by atoms with Gasteiger partial charge in [0.05, 0.1) is 0 Å². The number of rotatable bonds is 1. The highest BCUT2D eigenvalue weighted by Gasteiger charge is 2.43. The Morgan fingerprint density at radius 2 is 1.44 bits per heavy atom. The fourth-order valence-corrected chi connectivity index (χ4v) is 3.94. The van der Waals surface area contributed by atoms with Crippen LogP contribution in [0.5, 0.6) is 0 Å². The van der Waals surface area contributed by atoms with Gasteiger partial charge >= 0.3 is 0 Å². The number of likely N-dealkylation sites (tertiary alicyclic amines) is 2. The van der Waals surface area contributed by atoms with Gasteiger partial charge in [-0.3, -0.25) is 4.79 Å². The van der Waals surface area contributed by atoms with Gasteiger partial charge in [0.1, 0.15) is 0 Å². The van der Waals surface area contributed by atoms with E-state index < -0.39 is 0 Å². The molecule has 2 atom stereocenters. The Hall–Kier alpha value is -0.610. The Kier molecular flexibility index (Phi) is 3.32. The number of piperazine rings is 1. The van der Waals surface area contributed by atoms with E-state index in [1.54, 1.807) is 0 Å². The van der Waals surface area contributed by atoms with Crippen LogP contribution in [0.1, 0.15) is 25.7 Å². The molecule has 0 radical (unpaired) electrons. The van der Waals surface area contributed by atoms with Crippen LogP contribution in [-0.4, -0.2) is 73.0 Å². The Morgan fingerprint density at radius 1 is 0.889 bits per heavy atom. The van der Waals surface area contributed by atoms with E-state index in [0.717, 1.165) is 39.0 Å². The van der Waals surface area contributed by atoms with Crippen LogP contribution in [0.3, 0.4) is 0 Å². The van der Waals surface area contributed by atoms with Crippen molar-refractivity contribution in [3.05, 3.63) is 0 Å². The topological polar surface area (TPSA) is 26.8 Å². The molecule has 0 N–H and O–H groups in total. The largest absolute Gasteiger partial charge is 0.334 e. The maximum absolute atomic E-state index is 12.7. The standard InChI is InChI=1S/C14H25N3O/c1-15-7-5-11(6-8-15)14(18)17-12-3-4-13(17)10-16(2)9-12/h11-13H,3-10H2,1-2H3. The first-order chi connectivity index (χ1) is 8.65. The maximum Gasteiger partial charge on any atom is 0.226 e. The molecule has 4 heteroatoms. The summed E-state index contributed by atoms with van der Waals surface area (Å²) in [5, 5.41) is 0. The lowest BCUT2D eigenvalue weighted by molar-refractivity contribution is -0.142. The van der Waals surface area contributed by atoms with E-state index in [1.807, 2.05) is 0 Å². The summed E-state index contributed by atoms with van der Waals surface area (Å²) in [4.78, 5) is 19.7. The highest BCUT2D eigenvalue weighted by Crippen LogP contribution is 2.32. The lowest BCUT2D eigenvalue weighted by atomic mass is 9.94. The molecule has 3 heterocycles. The zero-order valence-electron chi connectivity index (χ0n) is 11.6. The molecule has 1 amide bonds. The molecule has 0 saturated carbocycles. The summed E-state index contributed by atoms with van der Waals surface area (Å²) in [6, 6.07) is 1.00. The molecule has 0 aromatic carbocycles. The van der Waals surface area contributed by atoms with Gasteiger partial charge in [-0.1, -0.05) is 0 Å².